The fourth-order valence-electron chi connectivity index (χ4n) is 1.43. The molecule has 1 aromatic carbocycles. The van der Waals surface area contributed by atoms with Crippen LogP contribution in [0.4, 0.5) is 11.5 Å². The van der Waals surface area contributed by atoms with Gasteiger partial charge in [0.25, 0.3) is 0 Å². The van der Waals surface area contributed by atoms with E-state index in [-0.39, 0.29) is 5.56 Å². The van der Waals surface area contributed by atoms with Crippen LogP contribution in [0.5, 0.6) is 0 Å². The minimum absolute atomic E-state index is 0.210. The first-order valence-electron chi connectivity index (χ1n) is 5.16. The molecule has 2 N–H and O–H groups in total. The van der Waals surface area contributed by atoms with E-state index < -0.39 is 5.97 Å². The van der Waals surface area contributed by atoms with Gasteiger partial charge in [-0.3, -0.25) is 0 Å². The number of nitriles is 1. The lowest BCUT2D eigenvalue weighted by Gasteiger charge is -2.06. The molecule has 1 heterocycles. The molecule has 0 aliphatic heterocycles. The van der Waals surface area contributed by atoms with Crippen LogP contribution < -0.4 is 5.32 Å². The van der Waals surface area contributed by atoms with Crippen molar-refractivity contribution in [3.8, 4) is 6.07 Å². The highest BCUT2D eigenvalue weighted by molar-refractivity contribution is 5.88. The number of pyridine rings is 1. The maximum absolute atomic E-state index is 10.7. The summed E-state index contributed by atoms with van der Waals surface area (Å²) in [6.45, 7) is 0. The molecule has 0 bridgehead atoms. The Morgan fingerprint density at radius 1 is 1.28 bits per heavy atom. The van der Waals surface area contributed by atoms with Crippen LogP contribution in [0.25, 0.3) is 0 Å². The monoisotopic (exact) mass is 239 g/mol. The first kappa shape index (κ1) is 11.6. The zero-order valence-corrected chi connectivity index (χ0v) is 9.29. The number of carboxylic acids is 1. The number of aromatic nitrogens is 1. The number of hydrogen-bond donors (Lipinski definition) is 2. The minimum atomic E-state index is -0.975. The van der Waals surface area contributed by atoms with E-state index in [1.165, 1.54) is 12.1 Å². The van der Waals surface area contributed by atoms with Crippen molar-refractivity contribution in [1.82, 2.24) is 4.98 Å². The molecule has 0 aliphatic carbocycles. The van der Waals surface area contributed by atoms with Gasteiger partial charge in [0, 0.05) is 11.9 Å². The Hall–Kier alpha value is -2.87. The summed E-state index contributed by atoms with van der Waals surface area (Å²) in [6, 6.07) is 11.6. The van der Waals surface area contributed by atoms with Gasteiger partial charge in [0.15, 0.2) is 0 Å². The number of carboxylic acid groups (broad SMARTS) is 1. The van der Waals surface area contributed by atoms with Crippen LogP contribution in [0.1, 0.15) is 15.9 Å². The lowest BCUT2D eigenvalue weighted by Crippen LogP contribution is -1.98. The molecule has 0 unspecified atom stereocenters. The molecule has 0 spiro atoms. The van der Waals surface area contributed by atoms with E-state index >= 15 is 0 Å². The standard InChI is InChI=1S/C13H9N3O2/c14-8-10-2-1-7-15-12(10)16-11-5-3-9(4-6-11)13(17)18/h1-7H,(H,15,16)(H,17,18). The summed E-state index contributed by atoms with van der Waals surface area (Å²) in [5, 5.41) is 20.6. The predicted molar refractivity (Wildman–Crippen MR) is 65.6 cm³/mol. The Morgan fingerprint density at radius 3 is 2.61 bits per heavy atom. The van der Waals surface area contributed by atoms with Gasteiger partial charge >= 0.3 is 5.97 Å². The fraction of sp³-hybridized carbons (Fsp3) is 0. The molecule has 2 rings (SSSR count). The summed E-state index contributed by atoms with van der Waals surface area (Å²) < 4.78 is 0. The van der Waals surface area contributed by atoms with Gasteiger partial charge in [-0.1, -0.05) is 0 Å². The van der Waals surface area contributed by atoms with Gasteiger partial charge in [0.05, 0.1) is 11.1 Å². The maximum Gasteiger partial charge on any atom is 0.335 e. The van der Waals surface area contributed by atoms with Crippen molar-refractivity contribution in [3.63, 3.8) is 0 Å². The highest BCUT2D eigenvalue weighted by Crippen LogP contribution is 2.18. The van der Waals surface area contributed by atoms with Gasteiger partial charge < -0.3 is 10.4 Å². The van der Waals surface area contributed by atoms with E-state index in [0.29, 0.717) is 17.1 Å². The lowest BCUT2D eigenvalue weighted by atomic mass is 10.2. The van der Waals surface area contributed by atoms with Gasteiger partial charge in [0.2, 0.25) is 0 Å². The molecule has 1 aromatic heterocycles. The molecule has 18 heavy (non-hydrogen) atoms. The predicted octanol–water partition coefficient (Wildman–Crippen LogP) is 2.40. The molecule has 2 aromatic rings. The van der Waals surface area contributed by atoms with Crippen molar-refractivity contribution in [2.24, 2.45) is 0 Å². The summed E-state index contributed by atoms with van der Waals surface area (Å²) in [5.41, 5.74) is 1.32. The lowest BCUT2D eigenvalue weighted by molar-refractivity contribution is 0.0697. The molecule has 0 atom stereocenters. The van der Waals surface area contributed by atoms with E-state index in [4.69, 9.17) is 10.4 Å². The number of nitrogens with zero attached hydrogens (tertiary/aromatic N) is 2. The Kier molecular flexibility index (Phi) is 3.21. The quantitative estimate of drug-likeness (QED) is 0.858. The molecular formula is C13H9N3O2. The van der Waals surface area contributed by atoms with Gasteiger partial charge in [0.1, 0.15) is 11.9 Å². The average Bonchev–Trinajstić information content (AvgIpc) is 2.40. The van der Waals surface area contributed by atoms with Crippen LogP contribution in [-0.4, -0.2) is 16.1 Å². The number of hydrogen-bond acceptors (Lipinski definition) is 4. The largest absolute Gasteiger partial charge is 0.478 e. The average molecular weight is 239 g/mol. The molecule has 0 fully saturated rings. The molecule has 5 nitrogen and oxygen atoms in total. The highest BCUT2D eigenvalue weighted by atomic mass is 16.4. The Bertz CT molecular complexity index is 615. The van der Waals surface area contributed by atoms with Crippen molar-refractivity contribution < 1.29 is 9.90 Å². The molecule has 5 heteroatoms. The van der Waals surface area contributed by atoms with E-state index in [2.05, 4.69) is 10.3 Å². The topological polar surface area (TPSA) is 86.0 Å². The number of benzene rings is 1. The van der Waals surface area contributed by atoms with Gasteiger partial charge in [-0.2, -0.15) is 5.26 Å². The van der Waals surface area contributed by atoms with Crippen LogP contribution in [0, 0.1) is 11.3 Å². The van der Waals surface area contributed by atoms with Gasteiger partial charge in [-0.15, -0.1) is 0 Å². The van der Waals surface area contributed by atoms with E-state index in [1.54, 1.807) is 30.5 Å². The van der Waals surface area contributed by atoms with Crippen LogP contribution in [0.3, 0.4) is 0 Å². The second-order valence-corrected chi connectivity index (χ2v) is 3.52. The third kappa shape index (κ3) is 2.44. The molecule has 0 amide bonds. The Balaban J connectivity index is 2.24. The van der Waals surface area contributed by atoms with Crippen molar-refractivity contribution >= 4 is 17.5 Å². The minimum Gasteiger partial charge on any atom is -0.478 e. The SMILES string of the molecule is N#Cc1cccnc1Nc1ccc(C(=O)O)cc1. The fourth-order valence-corrected chi connectivity index (χ4v) is 1.43. The zero-order chi connectivity index (χ0) is 13.0. The number of rotatable bonds is 3. The zero-order valence-electron chi connectivity index (χ0n) is 9.29. The summed E-state index contributed by atoms with van der Waals surface area (Å²) in [5.74, 6) is -0.528. The Labute approximate surface area is 103 Å². The number of carbonyl (C=O) groups is 1. The van der Waals surface area contributed by atoms with Crippen LogP contribution in [0.2, 0.25) is 0 Å². The smallest absolute Gasteiger partial charge is 0.335 e. The maximum atomic E-state index is 10.7. The van der Waals surface area contributed by atoms with Crippen molar-refractivity contribution in [3.05, 3.63) is 53.7 Å². The molecule has 88 valence electrons. The van der Waals surface area contributed by atoms with Crippen LogP contribution >= 0.6 is 0 Å². The van der Waals surface area contributed by atoms with Crippen LogP contribution in [0.15, 0.2) is 42.6 Å². The van der Waals surface area contributed by atoms with Crippen molar-refractivity contribution in [2.45, 2.75) is 0 Å². The third-order valence-corrected chi connectivity index (χ3v) is 2.32. The summed E-state index contributed by atoms with van der Waals surface area (Å²) in [6.07, 6.45) is 1.58. The highest BCUT2D eigenvalue weighted by Gasteiger charge is 2.04. The Morgan fingerprint density at radius 2 is 2.00 bits per heavy atom. The number of anilines is 2. The van der Waals surface area contributed by atoms with Crippen molar-refractivity contribution in [1.29, 1.82) is 5.26 Å². The second kappa shape index (κ2) is 4.97. The molecule has 0 saturated heterocycles. The molecule has 0 radical (unpaired) electrons. The molecule has 0 aliphatic rings. The second-order valence-electron chi connectivity index (χ2n) is 3.52. The van der Waals surface area contributed by atoms with Gasteiger partial charge in [-0.25, -0.2) is 9.78 Å². The summed E-state index contributed by atoms with van der Waals surface area (Å²) >= 11 is 0. The number of aromatic carboxylic acids is 1. The van der Waals surface area contributed by atoms with E-state index in [0.717, 1.165) is 0 Å². The molecule has 0 saturated carbocycles. The van der Waals surface area contributed by atoms with Gasteiger partial charge in [-0.05, 0) is 36.4 Å². The summed E-state index contributed by atoms with van der Waals surface area (Å²) in [4.78, 5) is 14.7. The normalized spacial score (nSPS) is 9.50. The van der Waals surface area contributed by atoms with E-state index in [1.807, 2.05) is 6.07 Å². The third-order valence-electron chi connectivity index (χ3n) is 2.32. The van der Waals surface area contributed by atoms with Crippen molar-refractivity contribution in [2.75, 3.05) is 5.32 Å². The first-order chi connectivity index (χ1) is 8.70. The first-order valence-corrected chi connectivity index (χ1v) is 5.16. The van der Waals surface area contributed by atoms with Crippen LogP contribution in [-0.2, 0) is 0 Å². The van der Waals surface area contributed by atoms with E-state index in [9.17, 15) is 4.79 Å². The number of nitrogens with one attached hydrogen (secondary N) is 1. The molecular weight excluding hydrogens is 230 g/mol. The summed E-state index contributed by atoms with van der Waals surface area (Å²) in [7, 11) is 0.